The summed E-state index contributed by atoms with van der Waals surface area (Å²) >= 11 is 0. The summed E-state index contributed by atoms with van der Waals surface area (Å²) in [4.78, 5) is 8.31. The highest BCUT2D eigenvalue weighted by atomic mass is 32.2. The largest absolute Gasteiger partial charge is 0.470 e. The molecule has 0 amide bonds. The number of aromatic nitrogens is 3. The second-order valence-electron chi connectivity index (χ2n) is 7.39. The quantitative estimate of drug-likeness (QED) is 0.722. The molecule has 28 heavy (non-hydrogen) atoms. The molecule has 9 nitrogen and oxygen atoms in total. The van der Waals surface area contributed by atoms with Crippen LogP contribution in [-0.2, 0) is 10.0 Å². The predicted molar refractivity (Wildman–Crippen MR) is 104 cm³/mol. The monoisotopic (exact) mass is 404 g/mol. The fourth-order valence-electron chi connectivity index (χ4n) is 3.59. The summed E-state index contributed by atoms with van der Waals surface area (Å²) in [6, 6.07) is 6.65. The van der Waals surface area contributed by atoms with Crippen LogP contribution in [0.15, 0.2) is 35.4 Å². The third kappa shape index (κ3) is 3.43. The topological polar surface area (TPSA) is 91.8 Å². The lowest BCUT2D eigenvalue weighted by Crippen LogP contribution is -2.49. The van der Waals surface area contributed by atoms with Gasteiger partial charge in [-0.25, -0.2) is 13.4 Å². The molecule has 4 heterocycles. The number of aryl methyl sites for hydroxylation is 1. The van der Waals surface area contributed by atoms with Gasteiger partial charge in [0.05, 0.1) is 18.3 Å². The first-order valence-electron chi connectivity index (χ1n) is 9.20. The Morgan fingerprint density at radius 1 is 1.21 bits per heavy atom. The molecular formula is C18H24N6O3S. The lowest BCUT2D eigenvalue weighted by molar-refractivity contribution is 0.145. The Balaban J connectivity index is 1.71. The zero-order chi connectivity index (χ0) is 19.9. The summed E-state index contributed by atoms with van der Waals surface area (Å²) in [6.07, 6.45) is 1.22. The molecule has 0 radical (unpaired) electrons. The Bertz CT molecular complexity index is 950. The van der Waals surface area contributed by atoms with Gasteiger partial charge in [0.1, 0.15) is 11.0 Å². The molecule has 2 atom stereocenters. The number of hydrogen-bond acceptors (Lipinski definition) is 8. The van der Waals surface area contributed by atoms with Gasteiger partial charge in [-0.1, -0.05) is 0 Å². The minimum Gasteiger partial charge on any atom is -0.470 e. The van der Waals surface area contributed by atoms with E-state index in [1.165, 1.54) is 0 Å². The van der Waals surface area contributed by atoms with Gasteiger partial charge in [0.25, 0.3) is 0 Å². The van der Waals surface area contributed by atoms with Crippen molar-refractivity contribution in [2.24, 2.45) is 0 Å². The maximum absolute atomic E-state index is 13.4. The van der Waals surface area contributed by atoms with Crippen LogP contribution in [0.4, 0.5) is 5.82 Å². The molecule has 0 bridgehead atoms. The third-order valence-electron chi connectivity index (χ3n) is 5.07. The molecular weight excluding hydrogens is 380 g/mol. The van der Waals surface area contributed by atoms with Gasteiger partial charge in [-0.05, 0) is 45.3 Å². The smallest absolute Gasteiger partial charge is 0.248 e. The Hall–Kier alpha value is -2.30. The number of ether oxygens (including phenoxy) is 1. The van der Waals surface area contributed by atoms with Crippen molar-refractivity contribution in [3.05, 3.63) is 36.2 Å². The molecule has 1 fully saturated rings. The zero-order valence-electron chi connectivity index (χ0n) is 16.2. The first-order chi connectivity index (χ1) is 13.4. The summed E-state index contributed by atoms with van der Waals surface area (Å²) in [7, 11) is 0.130. The number of fused-ring (bicyclic) bond motifs is 2. The van der Waals surface area contributed by atoms with E-state index >= 15 is 0 Å². The Kier molecular flexibility index (Phi) is 4.94. The van der Waals surface area contributed by atoms with Crippen molar-refractivity contribution in [1.82, 2.24) is 24.4 Å². The van der Waals surface area contributed by atoms with Crippen LogP contribution >= 0.6 is 0 Å². The van der Waals surface area contributed by atoms with Crippen LogP contribution in [-0.4, -0.2) is 85.2 Å². The second kappa shape index (κ2) is 7.26. The van der Waals surface area contributed by atoms with Crippen molar-refractivity contribution in [1.29, 1.82) is 0 Å². The van der Waals surface area contributed by atoms with Gasteiger partial charge in [-0.15, -0.1) is 5.10 Å². The van der Waals surface area contributed by atoms with Gasteiger partial charge in [-0.2, -0.15) is 9.40 Å². The highest BCUT2D eigenvalue weighted by molar-refractivity contribution is 7.89. The molecule has 10 heteroatoms. The number of pyridine rings is 1. The first-order valence-corrected chi connectivity index (χ1v) is 10.6. The minimum atomic E-state index is -3.73. The Labute approximate surface area is 165 Å². The van der Waals surface area contributed by atoms with Crippen molar-refractivity contribution in [2.75, 3.05) is 45.2 Å². The summed E-state index contributed by atoms with van der Waals surface area (Å²) in [6.45, 7) is 3.88. The number of nitrogens with zero attached hydrogens (tertiary/aromatic N) is 6. The van der Waals surface area contributed by atoms with E-state index in [2.05, 4.69) is 15.2 Å². The van der Waals surface area contributed by atoms with Gasteiger partial charge in [0.2, 0.25) is 15.9 Å². The number of anilines is 1. The molecule has 2 aliphatic heterocycles. The van der Waals surface area contributed by atoms with E-state index in [1.54, 1.807) is 22.6 Å². The third-order valence-corrected chi connectivity index (χ3v) is 7.01. The van der Waals surface area contributed by atoms with Crippen LogP contribution in [0.5, 0.6) is 5.88 Å². The van der Waals surface area contributed by atoms with Crippen molar-refractivity contribution in [3.8, 4) is 5.88 Å². The molecule has 2 aromatic rings. The first kappa shape index (κ1) is 19.0. The number of likely N-dealkylation sites (N-methyl/N-ethyl adjacent to an activating group) is 1. The fourth-order valence-corrected chi connectivity index (χ4v) is 5.30. The standard InChI is InChI=1S/C18H24N6O3S/c1-13-6-7-17(21-20-13)23-11-14-15(12-23)27-18-16(5-4-8-19-18)28(25,26)24(14)10-9-22(2)3/h4-8,14-15H,9-12H2,1-3H3/t14-,15+/m1/s1. The van der Waals surface area contributed by atoms with E-state index < -0.39 is 10.0 Å². The lowest BCUT2D eigenvalue weighted by atomic mass is 10.2. The van der Waals surface area contributed by atoms with Crippen molar-refractivity contribution < 1.29 is 13.2 Å². The van der Waals surface area contributed by atoms with E-state index in [1.807, 2.05) is 43.0 Å². The Morgan fingerprint density at radius 2 is 2.04 bits per heavy atom. The second-order valence-corrected chi connectivity index (χ2v) is 9.25. The summed E-state index contributed by atoms with van der Waals surface area (Å²) < 4.78 is 34.5. The number of sulfonamides is 1. The SMILES string of the molecule is Cc1ccc(N2C[C@@H]3Oc4ncccc4S(=O)(=O)N(CCN(C)C)[C@@H]3C2)nn1. The average molecular weight is 404 g/mol. The van der Waals surface area contributed by atoms with Crippen molar-refractivity contribution in [2.45, 2.75) is 24.0 Å². The Morgan fingerprint density at radius 3 is 2.75 bits per heavy atom. The van der Waals surface area contributed by atoms with Crippen LogP contribution in [0.25, 0.3) is 0 Å². The molecule has 1 saturated heterocycles. The van der Waals surface area contributed by atoms with Crippen LogP contribution in [0.1, 0.15) is 5.69 Å². The van der Waals surface area contributed by atoms with Crippen molar-refractivity contribution >= 4 is 15.8 Å². The number of hydrogen-bond donors (Lipinski definition) is 0. The van der Waals surface area contributed by atoms with E-state index in [4.69, 9.17) is 4.74 Å². The lowest BCUT2D eigenvalue weighted by Gasteiger charge is -2.29. The normalized spacial score (nSPS) is 23.8. The summed E-state index contributed by atoms with van der Waals surface area (Å²) in [5.41, 5.74) is 0.835. The van der Waals surface area contributed by atoms with Crippen LogP contribution in [0, 0.1) is 6.92 Å². The van der Waals surface area contributed by atoms with Crippen LogP contribution < -0.4 is 9.64 Å². The van der Waals surface area contributed by atoms with Gasteiger partial charge in [0, 0.05) is 25.8 Å². The zero-order valence-corrected chi connectivity index (χ0v) is 17.0. The van der Waals surface area contributed by atoms with E-state index in [9.17, 15) is 8.42 Å². The molecule has 0 saturated carbocycles. The molecule has 4 rings (SSSR count). The maximum atomic E-state index is 13.4. The van der Waals surface area contributed by atoms with E-state index in [0.717, 1.165) is 5.69 Å². The minimum absolute atomic E-state index is 0.129. The van der Waals surface area contributed by atoms with Crippen LogP contribution in [0.2, 0.25) is 0 Å². The molecule has 0 spiro atoms. The molecule has 0 N–H and O–H groups in total. The van der Waals surface area contributed by atoms with Gasteiger partial charge in [0.15, 0.2) is 5.82 Å². The van der Waals surface area contributed by atoms with Crippen molar-refractivity contribution in [3.63, 3.8) is 0 Å². The predicted octanol–water partition coefficient (Wildman–Crippen LogP) is 0.382. The summed E-state index contributed by atoms with van der Waals surface area (Å²) in [5, 5.41) is 8.37. The van der Waals surface area contributed by atoms with Gasteiger partial charge >= 0.3 is 0 Å². The number of rotatable bonds is 4. The highest BCUT2D eigenvalue weighted by Gasteiger charge is 2.47. The maximum Gasteiger partial charge on any atom is 0.248 e. The fraction of sp³-hybridized carbons (Fsp3) is 0.500. The average Bonchev–Trinajstić information content (AvgIpc) is 3.02. The molecule has 2 aliphatic rings. The molecule has 2 aromatic heterocycles. The highest BCUT2D eigenvalue weighted by Crippen LogP contribution is 2.35. The van der Waals surface area contributed by atoms with Gasteiger partial charge < -0.3 is 14.5 Å². The molecule has 0 aromatic carbocycles. The molecule has 0 unspecified atom stereocenters. The van der Waals surface area contributed by atoms with Gasteiger partial charge in [-0.3, -0.25) is 0 Å². The molecule has 150 valence electrons. The van der Waals surface area contributed by atoms with E-state index in [0.29, 0.717) is 32.0 Å². The molecule has 0 aliphatic carbocycles. The van der Waals surface area contributed by atoms with Crippen LogP contribution in [0.3, 0.4) is 0 Å². The van der Waals surface area contributed by atoms with E-state index in [-0.39, 0.29) is 22.9 Å². The summed E-state index contributed by atoms with van der Waals surface area (Å²) in [5.74, 6) is 0.884.